The third-order valence-electron chi connectivity index (χ3n) is 4.48. The van der Waals surface area contributed by atoms with Gasteiger partial charge < -0.3 is 34.8 Å². The highest BCUT2D eigenvalue weighted by molar-refractivity contribution is 5.97. The van der Waals surface area contributed by atoms with E-state index in [0.29, 0.717) is 28.2 Å². The maximum absolute atomic E-state index is 10.7. The van der Waals surface area contributed by atoms with Crippen LogP contribution in [0.5, 0.6) is 0 Å². The van der Waals surface area contributed by atoms with Crippen LogP contribution in [0.3, 0.4) is 0 Å². The van der Waals surface area contributed by atoms with Crippen molar-refractivity contribution in [3.63, 3.8) is 0 Å². The van der Waals surface area contributed by atoms with Crippen molar-refractivity contribution in [3.8, 4) is 0 Å². The molecule has 0 spiro atoms. The SMILES string of the molecule is C=C(OC)c1cn([C@@H]2O[C@H](CO)[C@@H](O)[C@@]2(C)O)c2ncnc(NN)c12. The minimum Gasteiger partial charge on any atom is -0.497 e. The number of anilines is 1. The smallest absolute Gasteiger partial charge is 0.167 e. The van der Waals surface area contributed by atoms with E-state index in [1.54, 1.807) is 6.20 Å². The van der Waals surface area contributed by atoms with E-state index in [4.69, 9.17) is 15.3 Å². The summed E-state index contributed by atoms with van der Waals surface area (Å²) in [5.41, 5.74) is 1.77. The Labute approximate surface area is 143 Å². The van der Waals surface area contributed by atoms with Gasteiger partial charge in [-0.15, -0.1) is 0 Å². The average molecular weight is 351 g/mol. The fourth-order valence-electron chi connectivity index (χ4n) is 3.08. The second-order valence-corrected chi connectivity index (χ2v) is 6.02. The van der Waals surface area contributed by atoms with E-state index in [0.717, 1.165) is 0 Å². The van der Waals surface area contributed by atoms with Crippen molar-refractivity contribution in [2.24, 2.45) is 5.84 Å². The van der Waals surface area contributed by atoms with Gasteiger partial charge in [0.15, 0.2) is 12.0 Å². The van der Waals surface area contributed by atoms with E-state index >= 15 is 0 Å². The van der Waals surface area contributed by atoms with Gasteiger partial charge in [-0.05, 0) is 6.92 Å². The Balaban J connectivity index is 2.22. The molecule has 0 bridgehead atoms. The van der Waals surface area contributed by atoms with Crippen molar-refractivity contribution in [1.29, 1.82) is 0 Å². The molecule has 0 amide bonds. The molecule has 1 saturated heterocycles. The van der Waals surface area contributed by atoms with E-state index in [9.17, 15) is 15.3 Å². The summed E-state index contributed by atoms with van der Waals surface area (Å²) in [4.78, 5) is 8.31. The van der Waals surface area contributed by atoms with Crippen LogP contribution in [-0.2, 0) is 9.47 Å². The Morgan fingerprint density at radius 3 is 2.84 bits per heavy atom. The van der Waals surface area contributed by atoms with Gasteiger partial charge >= 0.3 is 0 Å². The number of hydrogen-bond donors (Lipinski definition) is 5. The van der Waals surface area contributed by atoms with Crippen LogP contribution in [0.1, 0.15) is 18.7 Å². The van der Waals surface area contributed by atoms with Crippen LogP contribution in [0.25, 0.3) is 16.8 Å². The van der Waals surface area contributed by atoms with Crippen molar-refractivity contribution in [3.05, 3.63) is 24.7 Å². The summed E-state index contributed by atoms with van der Waals surface area (Å²) < 4.78 is 12.4. The van der Waals surface area contributed by atoms with Gasteiger partial charge in [-0.2, -0.15) is 0 Å². The van der Waals surface area contributed by atoms with Crippen LogP contribution in [-0.4, -0.2) is 61.4 Å². The average Bonchev–Trinajstić information content (AvgIpc) is 3.10. The fourth-order valence-corrected chi connectivity index (χ4v) is 3.08. The first kappa shape index (κ1) is 17.6. The van der Waals surface area contributed by atoms with Crippen molar-refractivity contribution in [2.75, 3.05) is 19.1 Å². The first-order valence-corrected chi connectivity index (χ1v) is 7.59. The van der Waals surface area contributed by atoms with Gasteiger partial charge in [-0.25, -0.2) is 15.8 Å². The number of methoxy groups -OCH3 is 1. The molecule has 4 atom stereocenters. The largest absolute Gasteiger partial charge is 0.497 e. The van der Waals surface area contributed by atoms with Crippen LogP contribution in [0.4, 0.5) is 5.82 Å². The van der Waals surface area contributed by atoms with Gasteiger partial charge in [0.1, 0.15) is 35.5 Å². The van der Waals surface area contributed by atoms with Crippen LogP contribution in [0, 0.1) is 0 Å². The van der Waals surface area contributed by atoms with Gasteiger partial charge in [-0.1, -0.05) is 6.58 Å². The molecule has 3 rings (SSSR count). The number of aromatic nitrogens is 3. The van der Waals surface area contributed by atoms with E-state index in [-0.39, 0.29) is 0 Å². The highest BCUT2D eigenvalue weighted by Crippen LogP contribution is 2.41. The van der Waals surface area contributed by atoms with Crippen LogP contribution in [0.15, 0.2) is 19.1 Å². The zero-order valence-corrected chi connectivity index (χ0v) is 13.9. The molecule has 2 aromatic rings. The normalized spacial score (nSPS) is 29.1. The first-order valence-electron chi connectivity index (χ1n) is 7.59. The van der Waals surface area contributed by atoms with Gasteiger partial charge in [0.05, 0.1) is 19.1 Å². The number of aliphatic hydroxyl groups excluding tert-OH is 2. The van der Waals surface area contributed by atoms with E-state index < -0.39 is 30.6 Å². The second-order valence-electron chi connectivity index (χ2n) is 6.02. The lowest BCUT2D eigenvalue weighted by Crippen LogP contribution is -2.44. The van der Waals surface area contributed by atoms with E-state index in [1.165, 1.54) is 24.9 Å². The molecule has 0 radical (unpaired) electrons. The molecule has 0 unspecified atom stereocenters. The summed E-state index contributed by atoms with van der Waals surface area (Å²) in [6.07, 6.45) is -0.279. The summed E-state index contributed by atoms with van der Waals surface area (Å²) in [5, 5.41) is 30.8. The molecule has 0 saturated carbocycles. The minimum absolute atomic E-state index is 0.340. The van der Waals surface area contributed by atoms with E-state index in [2.05, 4.69) is 22.0 Å². The minimum atomic E-state index is -1.66. The topological polar surface area (TPSA) is 148 Å². The third kappa shape index (κ3) is 2.55. The summed E-state index contributed by atoms with van der Waals surface area (Å²) in [5.74, 6) is 6.22. The van der Waals surface area contributed by atoms with Crippen molar-refractivity contribution >= 4 is 22.6 Å². The summed E-state index contributed by atoms with van der Waals surface area (Å²) >= 11 is 0. The van der Waals surface area contributed by atoms with Crippen LogP contribution >= 0.6 is 0 Å². The molecule has 1 fully saturated rings. The molecule has 10 nitrogen and oxygen atoms in total. The maximum atomic E-state index is 10.7. The molecule has 1 aliphatic heterocycles. The number of hydrazine groups is 1. The highest BCUT2D eigenvalue weighted by Gasteiger charge is 2.53. The first-order chi connectivity index (χ1) is 11.9. The van der Waals surface area contributed by atoms with Crippen molar-refractivity contribution in [2.45, 2.75) is 31.0 Å². The molecule has 3 heterocycles. The van der Waals surface area contributed by atoms with Crippen LogP contribution in [0.2, 0.25) is 0 Å². The number of fused-ring (bicyclic) bond motifs is 1. The molecule has 25 heavy (non-hydrogen) atoms. The number of nitrogens with one attached hydrogen (secondary N) is 1. The summed E-state index contributed by atoms with van der Waals surface area (Å²) in [7, 11) is 1.47. The molecule has 0 aliphatic carbocycles. The third-order valence-corrected chi connectivity index (χ3v) is 4.48. The van der Waals surface area contributed by atoms with Crippen molar-refractivity contribution in [1.82, 2.24) is 14.5 Å². The molecule has 6 N–H and O–H groups in total. The van der Waals surface area contributed by atoms with Gasteiger partial charge in [-0.3, -0.25) is 0 Å². The predicted molar refractivity (Wildman–Crippen MR) is 89.0 cm³/mol. The lowest BCUT2D eigenvalue weighted by Gasteiger charge is -2.27. The number of hydrogen-bond acceptors (Lipinski definition) is 9. The Bertz CT molecular complexity index is 805. The second kappa shape index (κ2) is 6.24. The molecule has 10 heteroatoms. The zero-order chi connectivity index (χ0) is 18.4. The zero-order valence-electron chi connectivity index (χ0n) is 13.9. The number of nitrogens with zero attached hydrogens (tertiary/aromatic N) is 3. The Morgan fingerprint density at radius 2 is 2.28 bits per heavy atom. The number of nitrogen functional groups attached to an aromatic ring is 1. The number of nitrogens with two attached hydrogens (primary N) is 1. The summed E-state index contributed by atoms with van der Waals surface area (Å²) in [6, 6.07) is 0. The van der Waals surface area contributed by atoms with Gasteiger partial charge in [0.2, 0.25) is 0 Å². The van der Waals surface area contributed by atoms with Crippen LogP contribution < -0.4 is 11.3 Å². The number of rotatable bonds is 5. The number of ether oxygens (including phenoxy) is 2. The Kier molecular flexibility index (Phi) is 4.39. The van der Waals surface area contributed by atoms with Gasteiger partial charge in [0, 0.05) is 11.8 Å². The highest BCUT2D eigenvalue weighted by atomic mass is 16.6. The number of aliphatic hydroxyl groups is 3. The fraction of sp³-hybridized carbons (Fsp3) is 0.467. The van der Waals surface area contributed by atoms with E-state index in [1.807, 2.05) is 0 Å². The molecule has 136 valence electrons. The molecular weight excluding hydrogens is 330 g/mol. The summed E-state index contributed by atoms with van der Waals surface area (Å²) in [6.45, 7) is 4.83. The lowest BCUT2D eigenvalue weighted by molar-refractivity contribution is -0.0948. The Hall–Kier alpha value is -2.24. The quantitative estimate of drug-likeness (QED) is 0.269. The lowest BCUT2D eigenvalue weighted by atomic mass is 9.96. The predicted octanol–water partition coefficient (Wildman–Crippen LogP) is -0.664. The monoisotopic (exact) mass is 351 g/mol. The van der Waals surface area contributed by atoms with Gasteiger partial charge in [0.25, 0.3) is 0 Å². The maximum Gasteiger partial charge on any atom is 0.167 e. The van der Waals surface area contributed by atoms with Crippen molar-refractivity contribution < 1.29 is 24.8 Å². The standard InChI is InChI=1S/C15H21N5O5/c1-7(24-3)8-4-20(13-10(8)12(19-16)17-6-18-13)14-15(2,23)11(22)9(5-21)25-14/h4,6,9,11,14,21-23H,1,5,16H2,2-3H3,(H,17,18,19)/t9-,11-,14-,15-/m1/s1. The molecule has 0 aromatic carbocycles. The molecule has 2 aromatic heterocycles. The Morgan fingerprint density at radius 1 is 1.56 bits per heavy atom. The molecule has 1 aliphatic rings. The molecular formula is C15H21N5O5.